The molecule has 6 nitrogen and oxygen atoms in total. The van der Waals surface area contributed by atoms with Crippen molar-refractivity contribution < 1.29 is 13.2 Å². The molecule has 0 bridgehead atoms. The number of sulfone groups is 1. The fraction of sp³-hybridized carbons (Fsp3) is 0.240. The summed E-state index contributed by atoms with van der Waals surface area (Å²) in [7, 11) is -3.47. The van der Waals surface area contributed by atoms with Gasteiger partial charge in [-0.2, -0.15) is 0 Å². The van der Waals surface area contributed by atoms with Crippen LogP contribution >= 0.6 is 22.9 Å². The molecular formula is C25H24ClN3O3S2. The Morgan fingerprint density at radius 1 is 1.06 bits per heavy atom. The van der Waals surface area contributed by atoms with Crippen LogP contribution in [0.3, 0.4) is 0 Å². The van der Waals surface area contributed by atoms with Gasteiger partial charge in [0.25, 0.3) is 0 Å². The van der Waals surface area contributed by atoms with Gasteiger partial charge in [0.15, 0.2) is 15.0 Å². The summed E-state index contributed by atoms with van der Waals surface area (Å²) >= 11 is 7.72. The fourth-order valence-electron chi connectivity index (χ4n) is 3.53. The van der Waals surface area contributed by atoms with Gasteiger partial charge in [-0.1, -0.05) is 52.8 Å². The smallest absolute Gasteiger partial charge is 0.229 e. The van der Waals surface area contributed by atoms with Gasteiger partial charge in [-0.15, -0.1) is 0 Å². The molecule has 0 aliphatic heterocycles. The molecule has 34 heavy (non-hydrogen) atoms. The number of aromatic nitrogens is 2. The van der Waals surface area contributed by atoms with E-state index in [-0.39, 0.29) is 35.9 Å². The van der Waals surface area contributed by atoms with Gasteiger partial charge in [0.1, 0.15) is 0 Å². The number of benzene rings is 2. The number of hydrogen-bond donors (Lipinski definition) is 0. The van der Waals surface area contributed by atoms with Gasteiger partial charge in [0.2, 0.25) is 5.91 Å². The van der Waals surface area contributed by atoms with E-state index in [0.29, 0.717) is 15.8 Å². The molecule has 9 heteroatoms. The summed E-state index contributed by atoms with van der Waals surface area (Å²) in [6.07, 6.45) is 1.95. The predicted molar refractivity (Wildman–Crippen MR) is 137 cm³/mol. The van der Waals surface area contributed by atoms with Gasteiger partial charge in [-0.05, 0) is 56.2 Å². The normalized spacial score (nSPS) is 11.6. The number of nitrogens with zero attached hydrogens (tertiary/aromatic N) is 3. The molecule has 176 valence electrons. The van der Waals surface area contributed by atoms with E-state index < -0.39 is 9.84 Å². The number of halogens is 1. The van der Waals surface area contributed by atoms with Crippen molar-refractivity contribution in [1.29, 1.82) is 0 Å². The number of rotatable bonds is 8. The van der Waals surface area contributed by atoms with Crippen molar-refractivity contribution >= 4 is 54.0 Å². The minimum Gasteiger partial charge on any atom is -0.282 e. The lowest BCUT2D eigenvalue weighted by Gasteiger charge is -2.19. The number of carbonyl (C=O) groups is 1. The average molecular weight is 514 g/mol. The van der Waals surface area contributed by atoms with E-state index in [9.17, 15) is 13.2 Å². The van der Waals surface area contributed by atoms with Crippen LogP contribution in [0.2, 0.25) is 5.02 Å². The summed E-state index contributed by atoms with van der Waals surface area (Å²) in [5.41, 5.74) is 3.43. The number of thiazole rings is 1. The molecule has 2 aromatic heterocycles. The highest BCUT2D eigenvalue weighted by Gasteiger charge is 2.23. The zero-order valence-corrected chi connectivity index (χ0v) is 21.3. The zero-order valence-electron chi connectivity index (χ0n) is 18.9. The van der Waals surface area contributed by atoms with Gasteiger partial charge in [-0.25, -0.2) is 13.4 Å². The predicted octanol–water partition coefficient (Wildman–Crippen LogP) is 5.75. The molecule has 0 fully saturated rings. The maximum absolute atomic E-state index is 13.3. The summed E-state index contributed by atoms with van der Waals surface area (Å²) in [4.78, 5) is 24.2. The molecule has 2 aromatic carbocycles. The molecule has 0 atom stereocenters. The van der Waals surface area contributed by atoms with Crippen LogP contribution in [0, 0.1) is 13.8 Å². The molecule has 0 spiro atoms. The lowest BCUT2D eigenvalue weighted by Crippen LogP contribution is -2.30. The Bertz CT molecular complexity index is 1380. The van der Waals surface area contributed by atoms with Crippen LogP contribution in [-0.4, -0.2) is 30.0 Å². The van der Waals surface area contributed by atoms with Crippen LogP contribution in [0.1, 0.15) is 29.7 Å². The fourth-order valence-corrected chi connectivity index (χ4v) is 6.18. The summed E-state index contributed by atoms with van der Waals surface area (Å²) in [6, 6.07) is 16.0. The highest BCUT2D eigenvalue weighted by atomic mass is 35.5. The molecule has 0 unspecified atom stereocenters. The average Bonchev–Trinajstić information content (AvgIpc) is 3.27. The molecule has 0 aliphatic rings. The van der Waals surface area contributed by atoms with Crippen molar-refractivity contribution in [2.75, 3.05) is 10.7 Å². The lowest BCUT2D eigenvalue weighted by molar-refractivity contribution is -0.118. The topological polar surface area (TPSA) is 80.2 Å². The highest BCUT2D eigenvalue weighted by molar-refractivity contribution is 7.91. The number of amides is 1. The van der Waals surface area contributed by atoms with Crippen molar-refractivity contribution in [3.8, 4) is 0 Å². The van der Waals surface area contributed by atoms with E-state index in [2.05, 4.69) is 4.98 Å². The first-order valence-electron chi connectivity index (χ1n) is 10.8. The highest BCUT2D eigenvalue weighted by Crippen LogP contribution is 2.36. The van der Waals surface area contributed by atoms with Gasteiger partial charge in [-0.3, -0.25) is 14.7 Å². The van der Waals surface area contributed by atoms with Crippen molar-refractivity contribution in [2.24, 2.45) is 0 Å². The summed E-state index contributed by atoms with van der Waals surface area (Å²) in [5.74, 6) is -0.318. The quantitative estimate of drug-likeness (QED) is 0.300. The van der Waals surface area contributed by atoms with Crippen molar-refractivity contribution in [3.63, 3.8) is 0 Å². The zero-order chi connectivity index (χ0) is 24.3. The van der Waals surface area contributed by atoms with Crippen LogP contribution in [0.5, 0.6) is 0 Å². The maximum atomic E-state index is 13.3. The lowest BCUT2D eigenvalue weighted by atomic mass is 10.2. The molecule has 0 radical (unpaired) electrons. The Kier molecular flexibility index (Phi) is 7.30. The Morgan fingerprint density at radius 2 is 1.82 bits per heavy atom. The Morgan fingerprint density at radius 3 is 2.50 bits per heavy atom. The number of fused-ring (bicyclic) bond motifs is 1. The first-order valence-corrected chi connectivity index (χ1v) is 13.6. The summed E-state index contributed by atoms with van der Waals surface area (Å²) < 4.78 is 26.2. The van der Waals surface area contributed by atoms with Gasteiger partial charge in [0, 0.05) is 12.6 Å². The second-order valence-electron chi connectivity index (χ2n) is 8.07. The van der Waals surface area contributed by atoms with Gasteiger partial charge >= 0.3 is 0 Å². The van der Waals surface area contributed by atoms with Gasteiger partial charge < -0.3 is 0 Å². The van der Waals surface area contributed by atoms with Crippen LogP contribution in [0.25, 0.3) is 10.2 Å². The monoisotopic (exact) mass is 513 g/mol. The van der Waals surface area contributed by atoms with E-state index in [4.69, 9.17) is 16.6 Å². The number of carbonyl (C=O) groups excluding carboxylic acids is 1. The van der Waals surface area contributed by atoms with Crippen molar-refractivity contribution in [1.82, 2.24) is 9.97 Å². The largest absolute Gasteiger partial charge is 0.282 e. The minimum absolute atomic E-state index is 0.0700. The molecule has 1 amide bonds. The third kappa shape index (κ3) is 5.46. The SMILES string of the molecule is Cc1ccc(S(=O)(=O)CCCC(=O)N(Cc2ccccn2)c2nc3c(C)ccc(Cl)c3s2)cc1. The molecule has 4 rings (SSSR count). The van der Waals surface area contributed by atoms with Crippen molar-refractivity contribution in [3.05, 3.63) is 82.6 Å². The first kappa shape index (κ1) is 24.3. The minimum atomic E-state index is -3.47. The number of hydrogen-bond acceptors (Lipinski definition) is 6. The van der Waals surface area contributed by atoms with Crippen LogP contribution < -0.4 is 4.90 Å². The number of anilines is 1. The number of aryl methyl sites for hydroxylation is 2. The maximum Gasteiger partial charge on any atom is 0.229 e. The summed E-state index contributed by atoms with van der Waals surface area (Å²) in [6.45, 7) is 4.09. The Hall–Kier alpha value is -2.81. The first-order chi connectivity index (χ1) is 16.2. The van der Waals surface area contributed by atoms with Gasteiger partial charge in [0.05, 0.1) is 38.1 Å². The Labute approximate surface area is 208 Å². The van der Waals surface area contributed by atoms with E-state index >= 15 is 0 Å². The molecule has 0 N–H and O–H groups in total. The molecule has 0 saturated carbocycles. The molecule has 0 saturated heterocycles. The third-order valence-electron chi connectivity index (χ3n) is 5.45. The number of pyridine rings is 1. The van der Waals surface area contributed by atoms with E-state index in [1.165, 1.54) is 11.3 Å². The van der Waals surface area contributed by atoms with Crippen LogP contribution in [0.15, 0.2) is 65.7 Å². The second-order valence-corrected chi connectivity index (χ2v) is 11.6. The molecule has 0 aliphatic carbocycles. The van der Waals surface area contributed by atoms with Crippen LogP contribution in [0.4, 0.5) is 5.13 Å². The van der Waals surface area contributed by atoms with E-state index in [1.54, 1.807) is 35.4 Å². The van der Waals surface area contributed by atoms with E-state index in [1.807, 2.05) is 44.2 Å². The molecule has 2 heterocycles. The standard InChI is InChI=1S/C25H24ClN3O3S2/c1-17-8-11-20(12-9-17)34(31,32)15-5-7-22(30)29(16-19-6-3-4-14-27-19)25-28-23-18(2)10-13-21(26)24(23)33-25/h3-4,6,8-14H,5,7,15-16H2,1-2H3. The van der Waals surface area contributed by atoms with E-state index in [0.717, 1.165) is 21.3 Å². The Balaban J connectivity index is 1.55. The molecule has 4 aromatic rings. The second kappa shape index (κ2) is 10.2. The van der Waals surface area contributed by atoms with Crippen molar-refractivity contribution in [2.45, 2.75) is 38.1 Å². The third-order valence-corrected chi connectivity index (χ3v) is 8.80. The molecular weight excluding hydrogens is 490 g/mol. The van der Waals surface area contributed by atoms with Crippen LogP contribution in [-0.2, 0) is 21.2 Å². The summed E-state index contributed by atoms with van der Waals surface area (Å²) in [5, 5.41) is 1.10.